The van der Waals surface area contributed by atoms with Gasteiger partial charge in [0.1, 0.15) is 0 Å². The highest BCUT2D eigenvalue weighted by Crippen LogP contribution is 2.44. The lowest BCUT2D eigenvalue weighted by Crippen LogP contribution is -2.33. The molecule has 1 fully saturated rings. The molecular weight excluding hydrogens is 338 g/mol. The second-order valence-electron chi connectivity index (χ2n) is 5.15. The Labute approximate surface area is 127 Å². The summed E-state index contributed by atoms with van der Waals surface area (Å²) in [5.74, 6) is -5.24. The molecule has 0 aromatic carbocycles. The van der Waals surface area contributed by atoms with Crippen molar-refractivity contribution in [2.75, 3.05) is 0 Å². The maximum Gasteiger partial charge on any atom is 0.365 e. The Balaban J connectivity index is 2.14. The normalized spacial score (nSPS) is 22.9. The van der Waals surface area contributed by atoms with E-state index in [1.807, 2.05) is 0 Å². The van der Waals surface area contributed by atoms with Crippen LogP contribution in [0.5, 0.6) is 0 Å². The van der Waals surface area contributed by atoms with Gasteiger partial charge in [0.05, 0.1) is 12.3 Å². The van der Waals surface area contributed by atoms with Crippen LogP contribution in [0.1, 0.15) is 25.3 Å². The second-order valence-corrected chi connectivity index (χ2v) is 6.80. The highest BCUT2D eigenvalue weighted by molar-refractivity contribution is 7.53. The first kappa shape index (κ1) is 17.5. The Morgan fingerprint density at radius 2 is 2.09 bits per heavy atom. The van der Waals surface area contributed by atoms with Crippen molar-refractivity contribution in [1.29, 1.82) is 0 Å². The van der Waals surface area contributed by atoms with Gasteiger partial charge in [0.2, 0.25) is 5.82 Å². The van der Waals surface area contributed by atoms with Crippen molar-refractivity contribution in [1.82, 2.24) is 9.55 Å². The molecule has 1 aliphatic carbocycles. The maximum atomic E-state index is 13.3. The predicted octanol–water partition coefficient (Wildman–Crippen LogP) is -0.626. The average Bonchev–Trinajstić information content (AvgIpc) is 2.87. The number of ether oxygens (including phenoxy) is 1. The minimum absolute atomic E-state index is 0.0508. The number of aliphatic carboxylic acids is 1. The van der Waals surface area contributed by atoms with Crippen molar-refractivity contribution in [3.63, 3.8) is 0 Å². The molecule has 0 spiro atoms. The van der Waals surface area contributed by atoms with Gasteiger partial charge in [-0.3, -0.25) is 18.9 Å². The van der Waals surface area contributed by atoms with E-state index in [9.17, 15) is 23.3 Å². The van der Waals surface area contributed by atoms with Gasteiger partial charge in [-0.25, -0.2) is 9.59 Å². The number of carboxylic acid groups (broad SMARTS) is 1. The van der Waals surface area contributed by atoms with E-state index in [1.165, 1.54) is 0 Å². The number of hydrogen-bond donors (Lipinski definition) is 4. The molecule has 128 valence electrons. The predicted molar refractivity (Wildman–Crippen MR) is 72.5 cm³/mol. The average molecular weight is 352 g/mol. The summed E-state index contributed by atoms with van der Waals surface area (Å²) in [5, 5.41) is 8.80. The number of aromatic amines is 1. The van der Waals surface area contributed by atoms with Gasteiger partial charge < -0.3 is 19.6 Å². The molecule has 2 unspecified atom stereocenters. The van der Waals surface area contributed by atoms with Gasteiger partial charge in [0.15, 0.2) is 0 Å². The smallest absolute Gasteiger partial charge is 0.365 e. The minimum Gasteiger partial charge on any atom is -0.479 e. The molecule has 0 amide bonds. The Kier molecular flexibility index (Phi) is 4.85. The summed E-state index contributed by atoms with van der Waals surface area (Å²) in [7, 11) is -5.00. The van der Waals surface area contributed by atoms with Gasteiger partial charge in [-0.15, -0.1) is 0 Å². The fraction of sp³-hybridized carbons (Fsp3) is 0.545. The van der Waals surface area contributed by atoms with E-state index in [1.54, 1.807) is 4.98 Å². The van der Waals surface area contributed by atoms with Crippen molar-refractivity contribution < 1.29 is 33.4 Å². The SMILES string of the molecule is O=C(O)C(OC1CC[C@H](n2cc(F)c(=O)[nH]c2=O)C1)P(=O)(O)O. The van der Waals surface area contributed by atoms with Crippen LogP contribution in [0.2, 0.25) is 0 Å². The van der Waals surface area contributed by atoms with Crippen molar-refractivity contribution in [2.24, 2.45) is 0 Å². The van der Waals surface area contributed by atoms with Gasteiger partial charge in [0, 0.05) is 6.04 Å². The minimum atomic E-state index is -5.00. The molecule has 1 aromatic heterocycles. The van der Waals surface area contributed by atoms with E-state index in [4.69, 9.17) is 19.6 Å². The summed E-state index contributed by atoms with van der Waals surface area (Å²) in [6.45, 7) is 0. The van der Waals surface area contributed by atoms with Gasteiger partial charge in [-0.2, -0.15) is 4.39 Å². The third kappa shape index (κ3) is 3.94. The number of aromatic nitrogens is 2. The number of carboxylic acids is 1. The van der Waals surface area contributed by atoms with Crippen LogP contribution >= 0.6 is 7.60 Å². The molecule has 3 atom stereocenters. The fourth-order valence-electron chi connectivity index (χ4n) is 2.49. The molecule has 0 saturated heterocycles. The van der Waals surface area contributed by atoms with Gasteiger partial charge in [-0.05, 0) is 19.3 Å². The van der Waals surface area contributed by atoms with E-state index in [0.717, 1.165) is 10.8 Å². The van der Waals surface area contributed by atoms with E-state index in [2.05, 4.69) is 0 Å². The maximum absolute atomic E-state index is 13.3. The Morgan fingerprint density at radius 1 is 1.43 bits per heavy atom. The Morgan fingerprint density at radius 3 is 2.65 bits per heavy atom. The van der Waals surface area contributed by atoms with Gasteiger partial charge >= 0.3 is 19.3 Å². The number of carbonyl (C=O) groups is 1. The first-order valence-corrected chi connectivity index (χ1v) is 8.22. The van der Waals surface area contributed by atoms with Crippen LogP contribution in [-0.4, -0.2) is 42.4 Å². The van der Waals surface area contributed by atoms with Crippen LogP contribution in [-0.2, 0) is 14.1 Å². The van der Waals surface area contributed by atoms with Gasteiger partial charge in [0.25, 0.3) is 11.4 Å². The topological polar surface area (TPSA) is 159 Å². The molecule has 1 saturated carbocycles. The molecule has 0 radical (unpaired) electrons. The second kappa shape index (κ2) is 6.36. The van der Waals surface area contributed by atoms with Crippen LogP contribution in [0.15, 0.2) is 15.8 Å². The van der Waals surface area contributed by atoms with Crippen molar-refractivity contribution >= 4 is 13.6 Å². The highest BCUT2D eigenvalue weighted by Gasteiger charge is 2.41. The highest BCUT2D eigenvalue weighted by atomic mass is 31.2. The summed E-state index contributed by atoms with van der Waals surface area (Å²) in [6.07, 6.45) is 0.488. The number of halogens is 1. The molecule has 4 N–H and O–H groups in total. The number of nitrogens with one attached hydrogen (secondary N) is 1. The molecule has 10 nitrogen and oxygen atoms in total. The van der Waals surface area contributed by atoms with Crippen LogP contribution < -0.4 is 11.2 Å². The first-order valence-electron chi connectivity index (χ1n) is 6.54. The summed E-state index contributed by atoms with van der Waals surface area (Å²) in [6, 6.07) is -0.579. The molecule has 1 heterocycles. The molecule has 0 bridgehead atoms. The van der Waals surface area contributed by atoms with E-state index in [0.29, 0.717) is 6.42 Å². The Hall–Kier alpha value is -1.81. The monoisotopic (exact) mass is 352 g/mol. The van der Waals surface area contributed by atoms with E-state index >= 15 is 0 Å². The lowest BCUT2D eigenvalue weighted by atomic mass is 10.2. The summed E-state index contributed by atoms with van der Waals surface area (Å²) >= 11 is 0. The quantitative estimate of drug-likeness (QED) is 0.510. The van der Waals surface area contributed by atoms with Crippen molar-refractivity contribution in [2.45, 2.75) is 37.3 Å². The van der Waals surface area contributed by atoms with E-state index < -0.39 is 48.6 Å². The van der Waals surface area contributed by atoms with Crippen LogP contribution in [0.25, 0.3) is 0 Å². The molecule has 1 aliphatic rings. The molecule has 0 aliphatic heterocycles. The summed E-state index contributed by atoms with van der Waals surface area (Å²) in [4.78, 5) is 53.2. The van der Waals surface area contributed by atoms with Crippen LogP contribution in [0.3, 0.4) is 0 Å². The summed E-state index contributed by atoms with van der Waals surface area (Å²) in [5.41, 5.74) is -1.98. The third-order valence-electron chi connectivity index (χ3n) is 3.51. The Bertz CT molecular complexity index is 768. The molecule has 2 rings (SSSR count). The zero-order valence-corrected chi connectivity index (χ0v) is 12.5. The first-order chi connectivity index (χ1) is 10.6. The summed E-state index contributed by atoms with van der Waals surface area (Å²) < 4.78 is 30.2. The standard InChI is InChI=1S/C11H14FN2O8P/c12-7-4-14(11(18)13-8(7)15)5-1-2-6(3-5)22-10(9(16)17)23(19,20)21/h4-6,10H,1-3H2,(H,16,17)(H,13,15,18)(H2,19,20,21)/t5-,6?,10?/m0/s1. The van der Waals surface area contributed by atoms with Crippen molar-refractivity contribution in [3.05, 3.63) is 32.9 Å². The number of nitrogens with zero attached hydrogens (tertiary/aromatic N) is 1. The number of H-pyrrole nitrogens is 1. The van der Waals surface area contributed by atoms with Gasteiger partial charge in [-0.1, -0.05) is 0 Å². The molecular formula is C11H14FN2O8P. The molecule has 1 aromatic rings. The van der Waals surface area contributed by atoms with Crippen LogP contribution in [0.4, 0.5) is 4.39 Å². The van der Waals surface area contributed by atoms with E-state index in [-0.39, 0.29) is 12.8 Å². The third-order valence-corrected chi connectivity index (χ3v) is 4.47. The molecule has 23 heavy (non-hydrogen) atoms. The lowest BCUT2D eigenvalue weighted by molar-refractivity contribution is -0.148. The molecule has 12 heteroatoms. The largest absolute Gasteiger partial charge is 0.479 e. The lowest BCUT2D eigenvalue weighted by Gasteiger charge is -2.20. The zero-order chi connectivity index (χ0) is 17.4. The number of rotatable bonds is 5. The van der Waals surface area contributed by atoms with Crippen LogP contribution in [0, 0.1) is 5.82 Å². The zero-order valence-electron chi connectivity index (χ0n) is 11.6. The van der Waals surface area contributed by atoms with Crippen molar-refractivity contribution in [3.8, 4) is 0 Å². The number of hydrogen-bond acceptors (Lipinski definition) is 5. The fourth-order valence-corrected chi connectivity index (χ4v) is 3.11.